The first-order valence-electron chi connectivity index (χ1n) is 8.47. The van der Waals surface area contributed by atoms with Gasteiger partial charge in [0.05, 0.1) is 0 Å². The molecule has 0 aliphatic carbocycles. The minimum Gasteiger partial charge on any atom is -0.382 e. The van der Waals surface area contributed by atoms with E-state index in [2.05, 4.69) is 15.9 Å². The van der Waals surface area contributed by atoms with Gasteiger partial charge in [-0.05, 0) is 34.1 Å². The van der Waals surface area contributed by atoms with E-state index in [0.29, 0.717) is 0 Å². The zero-order valence-corrected chi connectivity index (χ0v) is 17.7. The number of carbonyl (C=O) groups is 4. The molecule has 0 radical (unpaired) electrons. The lowest BCUT2D eigenvalue weighted by molar-refractivity contribution is -0.374. The molecule has 0 saturated carbocycles. The number of ether oxygens (including phenoxy) is 2. The molecule has 1 aliphatic heterocycles. The molecular weight excluding hydrogens is 444 g/mol. The molecule has 0 bridgehead atoms. The maximum atomic E-state index is 12.4. The number of aliphatic hydroxyl groups excluding tert-OH is 1. The fourth-order valence-electron chi connectivity index (χ4n) is 3.29. The molecule has 11 heteroatoms. The number of hydrogen-bond donors (Lipinski definition) is 4. The van der Waals surface area contributed by atoms with E-state index in [0.717, 1.165) is 27.7 Å². The summed E-state index contributed by atoms with van der Waals surface area (Å²) < 4.78 is 10.7. The molecule has 1 saturated heterocycles. The fourth-order valence-corrected chi connectivity index (χ4v) is 3.48. The van der Waals surface area contributed by atoms with Gasteiger partial charge < -0.3 is 29.9 Å². The third kappa shape index (κ3) is 3.38. The first-order chi connectivity index (χ1) is 12.6. The molecule has 1 aliphatic rings. The quantitative estimate of drug-likeness (QED) is 0.316. The Morgan fingerprint density at radius 3 is 1.79 bits per heavy atom. The number of ketones is 4. The minimum atomic E-state index is -3.48. The van der Waals surface area contributed by atoms with Gasteiger partial charge in [0.1, 0.15) is 17.2 Å². The number of alkyl halides is 1. The van der Waals surface area contributed by atoms with Crippen molar-refractivity contribution in [3.8, 4) is 0 Å². The van der Waals surface area contributed by atoms with Crippen molar-refractivity contribution < 1.29 is 49.1 Å². The van der Waals surface area contributed by atoms with Crippen LogP contribution in [0.4, 0.5) is 0 Å². The maximum absolute atomic E-state index is 12.4. The van der Waals surface area contributed by atoms with Crippen LogP contribution in [0.3, 0.4) is 0 Å². The van der Waals surface area contributed by atoms with E-state index in [1.807, 2.05) is 0 Å². The van der Waals surface area contributed by atoms with Crippen molar-refractivity contribution in [1.29, 1.82) is 0 Å². The van der Waals surface area contributed by atoms with Crippen LogP contribution in [0.25, 0.3) is 0 Å². The van der Waals surface area contributed by atoms with Gasteiger partial charge in [-0.3, -0.25) is 19.2 Å². The summed E-state index contributed by atoms with van der Waals surface area (Å²) in [5, 5.41) is 42.7. The van der Waals surface area contributed by atoms with Gasteiger partial charge in [0.2, 0.25) is 11.2 Å². The predicted molar refractivity (Wildman–Crippen MR) is 96.3 cm³/mol. The van der Waals surface area contributed by atoms with E-state index in [4.69, 9.17) is 9.47 Å². The molecule has 0 aromatic carbocycles. The maximum Gasteiger partial charge on any atom is 0.213 e. The average molecular weight is 469 g/mol. The normalized spacial score (nSPS) is 37.8. The Hall–Kier alpha value is -1.08. The molecule has 28 heavy (non-hydrogen) atoms. The third-order valence-electron chi connectivity index (χ3n) is 5.00. The van der Waals surface area contributed by atoms with Crippen LogP contribution < -0.4 is 0 Å². The first kappa shape index (κ1) is 25.0. The highest BCUT2D eigenvalue weighted by Gasteiger charge is 2.79. The van der Waals surface area contributed by atoms with Gasteiger partial charge in [0.15, 0.2) is 35.0 Å². The lowest BCUT2D eigenvalue weighted by Crippen LogP contribution is -2.87. The van der Waals surface area contributed by atoms with Gasteiger partial charge in [-0.25, -0.2) is 0 Å². The molecule has 10 nitrogen and oxygen atoms in total. The van der Waals surface area contributed by atoms with E-state index < -0.39 is 63.4 Å². The van der Waals surface area contributed by atoms with Crippen molar-refractivity contribution in [1.82, 2.24) is 0 Å². The minimum absolute atomic E-state index is 0.281. The molecule has 7 atom stereocenters. The van der Waals surface area contributed by atoms with E-state index in [1.54, 1.807) is 6.92 Å². The van der Waals surface area contributed by atoms with Gasteiger partial charge in [-0.15, -0.1) is 0 Å². The first-order valence-corrected chi connectivity index (χ1v) is 9.39. The largest absolute Gasteiger partial charge is 0.382 e. The Balaban J connectivity index is 3.90. The predicted octanol–water partition coefficient (Wildman–Crippen LogP) is -1.23. The van der Waals surface area contributed by atoms with Crippen LogP contribution in [0.1, 0.15) is 41.0 Å². The van der Waals surface area contributed by atoms with Crippen LogP contribution in [-0.4, -0.2) is 83.9 Å². The number of aliphatic hydroxyl groups is 4. The number of rotatable bonds is 8. The molecule has 160 valence electrons. The SMILES string of the molecule is CCC(Br)OC1O[C@H](C(O)C(C)=O)[C@](O)(C(C)=O)[C@@](O)(C(C)=O)[C@@]1(O)C(C)=O. The molecule has 0 aromatic heterocycles. The molecule has 1 rings (SSSR count). The van der Waals surface area contributed by atoms with Crippen molar-refractivity contribution >= 4 is 39.1 Å². The Kier molecular flexibility index (Phi) is 7.44. The Labute approximate surface area is 169 Å². The van der Waals surface area contributed by atoms with Crippen molar-refractivity contribution in [3.05, 3.63) is 0 Å². The van der Waals surface area contributed by atoms with Crippen LogP contribution in [0, 0.1) is 0 Å². The highest BCUT2D eigenvalue weighted by atomic mass is 79.9. The topological polar surface area (TPSA) is 168 Å². The summed E-state index contributed by atoms with van der Waals surface area (Å²) in [6.45, 7) is 4.85. The molecule has 1 fully saturated rings. The monoisotopic (exact) mass is 468 g/mol. The second kappa shape index (κ2) is 8.34. The summed E-state index contributed by atoms with van der Waals surface area (Å²) in [7, 11) is 0. The smallest absolute Gasteiger partial charge is 0.213 e. The van der Waals surface area contributed by atoms with Crippen LogP contribution in [-0.2, 0) is 28.7 Å². The van der Waals surface area contributed by atoms with Crippen LogP contribution in [0.2, 0.25) is 0 Å². The summed E-state index contributed by atoms with van der Waals surface area (Å²) >= 11 is 3.08. The highest BCUT2D eigenvalue weighted by Crippen LogP contribution is 2.48. The van der Waals surface area contributed by atoms with Gasteiger partial charge in [-0.1, -0.05) is 22.9 Å². The summed E-state index contributed by atoms with van der Waals surface area (Å²) in [5.41, 5.74) is -10.0. The van der Waals surface area contributed by atoms with Crippen molar-refractivity contribution in [3.63, 3.8) is 0 Å². The summed E-state index contributed by atoms with van der Waals surface area (Å²) in [6.07, 6.45) is -6.22. The number of halogens is 1. The van der Waals surface area contributed by atoms with Gasteiger partial charge >= 0.3 is 0 Å². The van der Waals surface area contributed by atoms with Gasteiger partial charge in [0, 0.05) is 0 Å². The van der Waals surface area contributed by atoms with E-state index >= 15 is 0 Å². The van der Waals surface area contributed by atoms with Crippen LogP contribution in [0.5, 0.6) is 0 Å². The lowest BCUT2D eigenvalue weighted by atomic mass is 9.60. The number of carbonyl (C=O) groups excluding carboxylic acids is 4. The molecule has 1 heterocycles. The van der Waals surface area contributed by atoms with Crippen molar-refractivity contribution in [2.45, 2.75) is 81.4 Å². The molecular formula is C17H25BrO10. The zero-order chi connectivity index (χ0) is 22.2. The van der Waals surface area contributed by atoms with Crippen LogP contribution >= 0.6 is 15.9 Å². The molecule has 4 N–H and O–H groups in total. The number of hydrogen-bond acceptors (Lipinski definition) is 10. The lowest BCUT2D eigenvalue weighted by Gasteiger charge is -2.58. The van der Waals surface area contributed by atoms with Crippen molar-refractivity contribution in [2.24, 2.45) is 0 Å². The number of Topliss-reactive ketones (excluding diaryl/α,β-unsaturated/α-hetero) is 4. The van der Waals surface area contributed by atoms with E-state index in [1.165, 1.54) is 0 Å². The van der Waals surface area contributed by atoms with E-state index in [9.17, 15) is 39.6 Å². The molecule has 0 amide bonds. The second-order valence-corrected chi connectivity index (χ2v) is 7.83. The fraction of sp³-hybridized carbons (Fsp3) is 0.765. The highest BCUT2D eigenvalue weighted by molar-refractivity contribution is 9.09. The molecule has 0 aromatic rings. The standard InChI is InChI=1S/C17H25BrO10/c1-6-11(18)27-14-16(25,9(4)21)17(26,10(5)22)15(24,8(3)20)13(28-14)12(23)7(2)19/h11-14,23-26H,6H2,1-5H3/t11?,12?,13-,14?,15-,16-,17+/m1/s1. The molecule has 0 spiro atoms. The van der Waals surface area contributed by atoms with Crippen molar-refractivity contribution in [2.75, 3.05) is 0 Å². The molecule has 3 unspecified atom stereocenters. The summed E-state index contributed by atoms with van der Waals surface area (Å²) in [6, 6.07) is 0. The van der Waals surface area contributed by atoms with E-state index in [-0.39, 0.29) is 6.42 Å². The van der Waals surface area contributed by atoms with Gasteiger partial charge in [-0.2, -0.15) is 0 Å². The van der Waals surface area contributed by atoms with Gasteiger partial charge in [0.25, 0.3) is 0 Å². The Bertz CT molecular complexity index is 681. The second-order valence-electron chi connectivity index (χ2n) is 6.81. The van der Waals surface area contributed by atoms with Crippen LogP contribution in [0.15, 0.2) is 0 Å². The summed E-state index contributed by atoms with van der Waals surface area (Å²) in [5.74, 6) is -4.90. The third-order valence-corrected chi connectivity index (χ3v) is 5.87. The zero-order valence-electron chi connectivity index (χ0n) is 16.1. The summed E-state index contributed by atoms with van der Waals surface area (Å²) in [4.78, 5) is 48.8. The average Bonchev–Trinajstić information content (AvgIpc) is 2.60. The Morgan fingerprint density at radius 2 is 1.46 bits per heavy atom. The Morgan fingerprint density at radius 1 is 1.00 bits per heavy atom.